The molecule has 8 nitrogen and oxygen atoms in total. The fourth-order valence-corrected chi connectivity index (χ4v) is 2.52. The fourth-order valence-electron chi connectivity index (χ4n) is 2.52. The normalized spacial score (nSPS) is 10.6. The van der Waals surface area contributed by atoms with Crippen LogP contribution in [0.2, 0.25) is 0 Å². The van der Waals surface area contributed by atoms with Gasteiger partial charge in [-0.25, -0.2) is 10.4 Å². The van der Waals surface area contributed by atoms with Gasteiger partial charge in [-0.2, -0.15) is 10.4 Å². The molecule has 1 heterocycles. The zero-order valence-electron chi connectivity index (χ0n) is 15.2. The van der Waals surface area contributed by atoms with Crippen LogP contribution in [0.3, 0.4) is 0 Å². The number of nitriles is 1. The number of hydrazone groups is 1. The average molecular weight is 375 g/mol. The summed E-state index contributed by atoms with van der Waals surface area (Å²) in [7, 11) is 3.04. The van der Waals surface area contributed by atoms with Crippen molar-refractivity contribution in [3.63, 3.8) is 0 Å². The number of aromatic nitrogens is 2. The number of rotatable bonds is 5. The third kappa shape index (κ3) is 3.68. The van der Waals surface area contributed by atoms with Crippen LogP contribution in [0.15, 0.2) is 58.4 Å². The molecular formula is C20H17N5O3. The Balaban J connectivity index is 2.00. The molecule has 0 aliphatic heterocycles. The van der Waals surface area contributed by atoms with Gasteiger partial charge in [0, 0.05) is 18.2 Å². The Hall–Kier alpha value is -4.12. The van der Waals surface area contributed by atoms with Gasteiger partial charge in [-0.3, -0.25) is 9.36 Å². The lowest BCUT2D eigenvalue weighted by Crippen LogP contribution is -2.24. The van der Waals surface area contributed by atoms with Crippen LogP contribution in [-0.2, 0) is 7.05 Å². The number of nitrogens with one attached hydrogen (secondary N) is 1. The minimum Gasteiger partial charge on any atom is -0.507 e. The molecule has 8 heteroatoms. The monoisotopic (exact) mass is 375 g/mol. The Labute approximate surface area is 161 Å². The van der Waals surface area contributed by atoms with E-state index in [1.54, 1.807) is 55.6 Å². The molecule has 1 aromatic heterocycles. The average Bonchev–Trinajstić information content (AvgIpc) is 2.72. The van der Waals surface area contributed by atoms with Gasteiger partial charge in [0.25, 0.3) is 5.56 Å². The van der Waals surface area contributed by atoms with E-state index >= 15 is 0 Å². The zero-order valence-corrected chi connectivity index (χ0v) is 15.2. The molecule has 0 saturated heterocycles. The Morgan fingerprint density at radius 2 is 1.96 bits per heavy atom. The number of methoxy groups -OCH3 is 1. The number of anilines is 1. The van der Waals surface area contributed by atoms with Crippen molar-refractivity contribution < 1.29 is 9.84 Å². The predicted molar refractivity (Wildman–Crippen MR) is 106 cm³/mol. The molecule has 3 aromatic rings. The summed E-state index contributed by atoms with van der Waals surface area (Å²) >= 11 is 0. The van der Waals surface area contributed by atoms with Crippen molar-refractivity contribution in [3.8, 4) is 28.8 Å². The van der Waals surface area contributed by atoms with E-state index in [9.17, 15) is 15.2 Å². The van der Waals surface area contributed by atoms with Crippen LogP contribution in [0.4, 0.5) is 5.95 Å². The van der Waals surface area contributed by atoms with Gasteiger partial charge >= 0.3 is 0 Å². The molecule has 0 aliphatic carbocycles. The largest absolute Gasteiger partial charge is 0.507 e. The van der Waals surface area contributed by atoms with Crippen LogP contribution < -0.4 is 15.7 Å². The first-order valence-electron chi connectivity index (χ1n) is 8.27. The van der Waals surface area contributed by atoms with Crippen molar-refractivity contribution in [3.05, 3.63) is 70.0 Å². The highest BCUT2D eigenvalue weighted by molar-refractivity contribution is 5.83. The van der Waals surface area contributed by atoms with E-state index < -0.39 is 5.56 Å². The van der Waals surface area contributed by atoms with E-state index in [1.165, 1.54) is 17.8 Å². The van der Waals surface area contributed by atoms with Crippen molar-refractivity contribution in [2.45, 2.75) is 0 Å². The summed E-state index contributed by atoms with van der Waals surface area (Å²) in [4.78, 5) is 17.0. The Kier molecular flexibility index (Phi) is 5.37. The molecule has 0 spiro atoms. The molecule has 0 fully saturated rings. The van der Waals surface area contributed by atoms with Crippen molar-refractivity contribution in [1.82, 2.24) is 9.55 Å². The number of aromatic hydroxyl groups is 1. The number of hydrogen-bond acceptors (Lipinski definition) is 7. The summed E-state index contributed by atoms with van der Waals surface area (Å²) in [6.45, 7) is 0. The van der Waals surface area contributed by atoms with Gasteiger partial charge in [0.1, 0.15) is 23.1 Å². The molecule has 28 heavy (non-hydrogen) atoms. The summed E-state index contributed by atoms with van der Waals surface area (Å²) in [6.07, 6.45) is 1.41. The summed E-state index contributed by atoms with van der Waals surface area (Å²) in [5, 5.41) is 23.2. The molecule has 3 rings (SSSR count). The first-order valence-corrected chi connectivity index (χ1v) is 8.27. The highest BCUT2D eigenvalue weighted by Gasteiger charge is 2.16. The molecule has 2 N–H and O–H groups in total. The topological polar surface area (TPSA) is 113 Å². The van der Waals surface area contributed by atoms with Crippen molar-refractivity contribution >= 4 is 12.2 Å². The lowest BCUT2D eigenvalue weighted by Gasteiger charge is -2.11. The van der Waals surface area contributed by atoms with E-state index in [1.807, 2.05) is 6.07 Å². The van der Waals surface area contributed by atoms with Crippen molar-refractivity contribution in [2.24, 2.45) is 12.1 Å². The zero-order chi connectivity index (χ0) is 20.1. The number of phenols is 1. The molecule has 0 amide bonds. The van der Waals surface area contributed by atoms with Crippen molar-refractivity contribution in [2.75, 3.05) is 12.5 Å². The smallest absolute Gasteiger partial charge is 0.273 e. The lowest BCUT2D eigenvalue weighted by molar-refractivity contribution is 0.415. The van der Waals surface area contributed by atoms with E-state index in [-0.39, 0.29) is 23.0 Å². The number of benzene rings is 2. The lowest BCUT2D eigenvalue weighted by atomic mass is 10.1. The Morgan fingerprint density at radius 3 is 2.61 bits per heavy atom. The fraction of sp³-hybridized carbons (Fsp3) is 0.100. The molecular weight excluding hydrogens is 358 g/mol. The maximum absolute atomic E-state index is 12.6. The Morgan fingerprint density at radius 1 is 1.25 bits per heavy atom. The van der Waals surface area contributed by atoms with Gasteiger partial charge < -0.3 is 9.84 Å². The van der Waals surface area contributed by atoms with E-state index in [4.69, 9.17) is 4.74 Å². The summed E-state index contributed by atoms with van der Waals surface area (Å²) in [5.74, 6) is 0.881. The number of phenolic OH excluding ortho intramolecular Hbond substituents is 1. The molecule has 0 bridgehead atoms. The molecule has 2 aromatic carbocycles. The third-order valence-electron chi connectivity index (χ3n) is 4.07. The molecule has 0 unspecified atom stereocenters. The predicted octanol–water partition coefficient (Wildman–Crippen LogP) is 2.48. The molecule has 0 saturated carbocycles. The van der Waals surface area contributed by atoms with Gasteiger partial charge in [-0.1, -0.05) is 12.1 Å². The van der Waals surface area contributed by atoms with E-state index in [2.05, 4.69) is 15.5 Å². The number of ether oxygens (including phenoxy) is 1. The van der Waals surface area contributed by atoms with Crippen LogP contribution >= 0.6 is 0 Å². The van der Waals surface area contributed by atoms with Gasteiger partial charge in [0.15, 0.2) is 0 Å². The molecule has 140 valence electrons. The SMILES string of the molecule is COc1ccc(-c2nc(N/N=C/c3ccccc3O)n(C)c(=O)c2C#N)cc1. The summed E-state index contributed by atoms with van der Waals surface area (Å²) in [6, 6.07) is 15.5. The summed E-state index contributed by atoms with van der Waals surface area (Å²) in [5.41, 5.74) is 3.47. The highest BCUT2D eigenvalue weighted by atomic mass is 16.5. The second-order valence-electron chi connectivity index (χ2n) is 5.79. The number of para-hydroxylation sites is 1. The van der Waals surface area contributed by atoms with Crippen LogP contribution in [0.25, 0.3) is 11.3 Å². The number of hydrogen-bond donors (Lipinski definition) is 2. The third-order valence-corrected chi connectivity index (χ3v) is 4.07. The van der Waals surface area contributed by atoms with Crippen LogP contribution in [0.5, 0.6) is 11.5 Å². The maximum atomic E-state index is 12.6. The molecule has 0 radical (unpaired) electrons. The van der Waals surface area contributed by atoms with Crippen molar-refractivity contribution in [1.29, 1.82) is 5.26 Å². The van der Waals surface area contributed by atoms with Gasteiger partial charge in [-0.05, 0) is 36.4 Å². The minimum atomic E-state index is -0.497. The standard InChI is InChI=1S/C20H17N5O3/c1-25-19(27)16(11-21)18(13-7-9-15(28-2)10-8-13)23-20(25)24-22-12-14-5-3-4-6-17(14)26/h3-10,12,26H,1-2H3,(H,23,24)/b22-12+. The highest BCUT2D eigenvalue weighted by Crippen LogP contribution is 2.23. The van der Waals surface area contributed by atoms with E-state index in [0.717, 1.165) is 0 Å². The van der Waals surface area contributed by atoms with Gasteiger partial charge in [0.05, 0.1) is 19.0 Å². The summed E-state index contributed by atoms with van der Waals surface area (Å²) < 4.78 is 6.33. The second kappa shape index (κ2) is 8.05. The Bertz CT molecular complexity index is 1130. The van der Waals surface area contributed by atoms with Gasteiger partial charge in [0.2, 0.25) is 5.95 Å². The first kappa shape index (κ1) is 18.7. The minimum absolute atomic E-state index is 0.0668. The van der Waals surface area contributed by atoms with Crippen LogP contribution in [-0.4, -0.2) is 28.0 Å². The second-order valence-corrected chi connectivity index (χ2v) is 5.79. The first-order chi connectivity index (χ1) is 13.5. The van der Waals surface area contributed by atoms with Crippen LogP contribution in [0, 0.1) is 11.3 Å². The maximum Gasteiger partial charge on any atom is 0.273 e. The molecule has 0 atom stereocenters. The number of nitrogens with zero attached hydrogens (tertiary/aromatic N) is 4. The quantitative estimate of drug-likeness (QED) is 0.523. The van der Waals surface area contributed by atoms with Gasteiger partial charge in [-0.15, -0.1) is 0 Å². The van der Waals surface area contributed by atoms with Crippen LogP contribution in [0.1, 0.15) is 11.1 Å². The van der Waals surface area contributed by atoms with E-state index in [0.29, 0.717) is 16.9 Å². The molecule has 0 aliphatic rings.